The van der Waals surface area contributed by atoms with Gasteiger partial charge < -0.3 is 11.1 Å². The van der Waals surface area contributed by atoms with Crippen molar-refractivity contribution in [2.24, 2.45) is 5.41 Å². The van der Waals surface area contributed by atoms with Crippen LogP contribution in [0.25, 0.3) is 0 Å². The van der Waals surface area contributed by atoms with Gasteiger partial charge in [0, 0.05) is 11.7 Å². The highest BCUT2D eigenvalue weighted by Gasteiger charge is 2.30. The van der Waals surface area contributed by atoms with Crippen LogP contribution in [0.1, 0.15) is 38.7 Å². The summed E-state index contributed by atoms with van der Waals surface area (Å²) >= 11 is 0. The van der Waals surface area contributed by atoms with Crippen molar-refractivity contribution < 1.29 is 0 Å². The topological polar surface area (TPSA) is 61.8 Å². The second-order valence-corrected chi connectivity index (χ2v) is 5.67. The van der Waals surface area contributed by atoms with Gasteiger partial charge in [0.2, 0.25) is 0 Å². The number of nitrogens with one attached hydrogen (secondary N) is 1. The molecule has 1 aromatic rings. The molecule has 1 saturated carbocycles. The van der Waals surface area contributed by atoms with Crippen LogP contribution in [-0.4, -0.2) is 6.04 Å². The number of nitrogens with zero attached hydrogens (tertiary/aromatic N) is 1. The summed E-state index contributed by atoms with van der Waals surface area (Å²) in [6, 6.07) is 8.12. The number of nitriles is 1. The van der Waals surface area contributed by atoms with Crippen molar-refractivity contribution in [2.45, 2.75) is 39.2 Å². The van der Waals surface area contributed by atoms with Gasteiger partial charge in [-0.2, -0.15) is 5.26 Å². The molecule has 2 rings (SSSR count). The summed E-state index contributed by atoms with van der Waals surface area (Å²) in [5, 5.41) is 12.5. The lowest BCUT2D eigenvalue weighted by molar-refractivity contribution is 0.378. The van der Waals surface area contributed by atoms with Crippen LogP contribution in [-0.2, 0) is 0 Å². The second kappa shape index (κ2) is 4.29. The summed E-state index contributed by atoms with van der Waals surface area (Å²) in [6.45, 7) is 4.59. The average molecular weight is 229 g/mol. The van der Waals surface area contributed by atoms with Gasteiger partial charge in [-0.3, -0.25) is 0 Å². The Morgan fingerprint density at radius 3 is 2.82 bits per heavy atom. The molecule has 0 spiro atoms. The Morgan fingerprint density at radius 2 is 2.24 bits per heavy atom. The summed E-state index contributed by atoms with van der Waals surface area (Å²) in [7, 11) is 0. The molecule has 0 saturated heterocycles. The van der Waals surface area contributed by atoms with Crippen LogP contribution < -0.4 is 11.1 Å². The monoisotopic (exact) mass is 229 g/mol. The number of nitrogens with two attached hydrogens (primary N) is 1. The van der Waals surface area contributed by atoms with Crippen molar-refractivity contribution in [3.63, 3.8) is 0 Å². The van der Waals surface area contributed by atoms with E-state index in [0.717, 1.165) is 12.1 Å². The molecule has 3 nitrogen and oxygen atoms in total. The summed E-state index contributed by atoms with van der Waals surface area (Å²) in [4.78, 5) is 0. The maximum atomic E-state index is 9.07. The number of nitrogen functional groups attached to an aromatic ring is 1. The van der Waals surface area contributed by atoms with Gasteiger partial charge in [0.15, 0.2) is 0 Å². The highest BCUT2D eigenvalue weighted by molar-refractivity contribution is 5.63. The summed E-state index contributed by atoms with van der Waals surface area (Å²) in [5.74, 6) is 0. The molecule has 0 radical (unpaired) electrons. The van der Waals surface area contributed by atoms with Gasteiger partial charge in [0.1, 0.15) is 6.07 Å². The van der Waals surface area contributed by atoms with Crippen molar-refractivity contribution >= 4 is 11.4 Å². The molecule has 1 aromatic carbocycles. The second-order valence-electron chi connectivity index (χ2n) is 5.67. The van der Waals surface area contributed by atoms with E-state index < -0.39 is 0 Å². The van der Waals surface area contributed by atoms with E-state index in [1.54, 1.807) is 6.07 Å². The van der Waals surface area contributed by atoms with E-state index >= 15 is 0 Å². The highest BCUT2D eigenvalue weighted by Crippen LogP contribution is 2.38. The Bertz CT molecular complexity index is 457. The zero-order valence-electron chi connectivity index (χ0n) is 10.5. The highest BCUT2D eigenvalue weighted by atomic mass is 14.9. The molecule has 3 heteroatoms. The van der Waals surface area contributed by atoms with Crippen molar-refractivity contribution in [1.82, 2.24) is 0 Å². The molecule has 0 amide bonds. The van der Waals surface area contributed by atoms with Gasteiger partial charge in [-0.1, -0.05) is 13.8 Å². The minimum atomic E-state index is 0.415. The maximum Gasteiger partial charge on any atom is 0.101 e. The lowest BCUT2D eigenvalue weighted by atomic mass is 9.92. The molecule has 1 aliphatic carbocycles. The zero-order chi connectivity index (χ0) is 12.5. The molecule has 1 aliphatic rings. The minimum absolute atomic E-state index is 0.415. The van der Waals surface area contributed by atoms with E-state index in [4.69, 9.17) is 11.0 Å². The van der Waals surface area contributed by atoms with Crippen molar-refractivity contribution in [3.05, 3.63) is 23.8 Å². The molecular weight excluding hydrogens is 210 g/mol. The quantitative estimate of drug-likeness (QED) is 0.766. The molecule has 1 atom stereocenters. The Kier molecular flexibility index (Phi) is 2.97. The standard InChI is InChI=1S/C14H19N3/c1-14(2)6-5-12(8-14)17-13-4-3-11(16)7-10(13)9-15/h3-4,7,12,17H,5-6,8,16H2,1-2H3. The molecular formula is C14H19N3. The van der Waals surface area contributed by atoms with Crippen LogP contribution in [0.4, 0.5) is 11.4 Å². The first-order valence-electron chi connectivity index (χ1n) is 6.06. The smallest absolute Gasteiger partial charge is 0.101 e. The van der Waals surface area contributed by atoms with Gasteiger partial charge in [-0.25, -0.2) is 0 Å². The molecule has 1 unspecified atom stereocenters. The Balaban J connectivity index is 2.12. The average Bonchev–Trinajstić information content (AvgIpc) is 2.61. The van der Waals surface area contributed by atoms with Gasteiger partial charge in [0.05, 0.1) is 11.3 Å². The van der Waals surface area contributed by atoms with E-state index in [9.17, 15) is 0 Å². The minimum Gasteiger partial charge on any atom is -0.399 e. The fourth-order valence-corrected chi connectivity index (χ4v) is 2.56. The van der Waals surface area contributed by atoms with E-state index in [2.05, 4.69) is 25.2 Å². The molecule has 1 fully saturated rings. The molecule has 0 aromatic heterocycles. The molecule has 90 valence electrons. The summed E-state index contributed by atoms with van der Waals surface area (Å²) in [5.41, 5.74) is 8.27. The molecule has 0 aliphatic heterocycles. The molecule has 17 heavy (non-hydrogen) atoms. The summed E-state index contributed by atoms with van der Waals surface area (Å²) < 4.78 is 0. The van der Waals surface area contributed by atoms with Crippen LogP contribution in [0.3, 0.4) is 0 Å². The first-order chi connectivity index (χ1) is 8.00. The molecule has 0 heterocycles. The van der Waals surface area contributed by atoms with Crippen LogP contribution >= 0.6 is 0 Å². The van der Waals surface area contributed by atoms with Crippen LogP contribution in [0.5, 0.6) is 0 Å². The first-order valence-corrected chi connectivity index (χ1v) is 6.06. The van der Waals surface area contributed by atoms with Gasteiger partial charge >= 0.3 is 0 Å². The lowest BCUT2D eigenvalue weighted by Crippen LogP contribution is -2.18. The van der Waals surface area contributed by atoms with Crippen molar-refractivity contribution in [3.8, 4) is 6.07 Å². The number of hydrogen-bond acceptors (Lipinski definition) is 3. The normalized spacial score (nSPS) is 22.1. The first kappa shape index (κ1) is 11.8. The van der Waals surface area contributed by atoms with Crippen molar-refractivity contribution in [2.75, 3.05) is 11.1 Å². The van der Waals surface area contributed by atoms with E-state index in [0.29, 0.717) is 22.7 Å². The maximum absolute atomic E-state index is 9.07. The predicted octanol–water partition coefficient (Wildman–Crippen LogP) is 3.13. The predicted molar refractivity (Wildman–Crippen MR) is 70.6 cm³/mol. The van der Waals surface area contributed by atoms with Crippen molar-refractivity contribution in [1.29, 1.82) is 5.26 Å². The van der Waals surface area contributed by atoms with E-state index in [-0.39, 0.29) is 0 Å². The third-order valence-electron chi connectivity index (χ3n) is 3.49. The lowest BCUT2D eigenvalue weighted by Gasteiger charge is -2.19. The van der Waals surface area contributed by atoms with Gasteiger partial charge in [0.25, 0.3) is 0 Å². The number of hydrogen-bond donors (Lipinski definition) is 2. The Hall–Kier alpha value is -1.69. The Labute approximate surface area is 103 Å². The Morgan fingerprint density at radius 1 is 1.47 bits per heavy atom. The molecule has 0 bridgehead atoms. The van der Waals surface area contributed by atoms with Crippen LogP contribution in [0.2, 0.25) is 0 Å². The summed E-state index contributed by atoms with van der Waals surface area (Å²) in [6.07, 6.45) is 3.56. The number of rotatable bonds is 2. The third kappa shape index (κ3) is 2.71. The van der Waals surface area contributed by atoms with Crippen LogP contribution in [0, 0.1) is 16.7 Å². The van der Waals surface area contributed by atoms with Gasteiger partial charge in [-0.15, -0.1) is 0 Å². The van der Waals surface area contributed by atoms with E-state index in [1.165, 1.54) is 12.8 Å². The van der Waals surface area contributed by atoms with Gasteiger partial charge in [-0.05, 0) is 42.9 Å². The number of anilines is 2. The SMILES string of the molecule is CC1(C)CCC(Nc2ccc(N)cc2C#N)C1. The third-order valence-corrected chi connectivity index (χ3v) is 3.49. The fraction of sp³-hybridized carbons (Fsp3) is 0.500. The zero-order valence-corrected chi connectivity index (χ0v) is 10.5. The largest absolute Gasteiger partial charge is 0.399 e. The molecule has 3 N–H and O–H groups in total. The fourth-order valence-electron chi connectivity index (χ4n) is 2.56. The van der Waals surface area contributed by atoms with E-state index in [1.807, 2.05) is 12.1 Å². The van der Waals surface area contributed by atoms with Crippen LogP contribution in [0.15, 0.2) is 18.2 Å². The number of benzene rings is 1.